The van der Waals surface area contributed by atoms with Gasteiger partial charge in [-0.05, 0) is 29.8 Å². The number of rotatable bonds is 6. The summed E-state index contributed by atoms with van der Waals surface area (Å²) in [6.07, 6.45) is 0.352. The van der Waals surface area contributed by atoms with Crippen molar-refractivity contribution in [3.63, 3.8) is 0 Å². The fourth-order valence-corrected chi connectivity index (χ4v) is 2.55. The monoisotopic (exact) mass is 345 g/mol. The molecular formula is C22H19NO3. The van der Waals surface area contributed by atoms with Crippen LogP contribution in [0, 0.1) is 0 Å². The lowest BCUT2D eigenvalue weighted by molar-refractivity contribution is -0.136. The summed E-state index contributed by atoms with van der Waals surface area (Å²) in [7, 11) is 0. The van der Waals surface area contributed by atoms with Crippen LogP contribution in [-0.4, -0.2) is 17.9 Å². The lowest BCUT2D eigenvalue weighted by Crippen LogP contribution is -2.44. The van der Waals surface area contributed by atoms with Crippen LogP contribution in [0.15, 0.2) is 91.0 Å². The van der Waals surface area contributed by atoms with Crippen molar-refractivity contribution >= 4 is 11.9 Å². The van der Waals surface area contributed by atoms with Gasteiger partial charge in [-0.2, -0.15) is 0 Å². The van der Waals surface area contributed by atoms with E-state index in [1.165, 1.54) is 0 Å². The van der Waals surface area contributed by atoms with Gasteiger partial charge >= 0.3 is 5.97 Å². The Kier molecular flexibility index (Phi) is 5.78. The average Bonchev–Trinajstić information content (AvgIpc) is 2.69. The molecule has 26 heavy (non-hydrogen) atoms. The smallest absolute Gasteiger partial charge is 0.334 e. The SMILES string of the molecule is O=C(N[C@H](Cc1ccccc1)C(=O)Oc1ccccc1)c1ccccc1. The van der Waals surface area contributed by atoms with Gasteiger partial charge in [0.1, 0.15) is 11.8 Å². The predicted molar refractivity (Wildman–Crippen MR) is 99.9 cm³/mol. The maximum atomic E-state index is 12.6. The van der Waals surface area contributed by atoms with Gasteiger partial charge in [0.2, 0.25) is 0 Å². The van der Waals surface area contributed by atoms with Crippen molar-refractivity contribution in [2.75, 3.05) is 0 Å². The van der Waals surface area contributed by atoms with Gasteiger partial charge in [0.05, 0.1) is 0 Å². The molecule has 0 aliphatic rings. The summed E-state index contributed by atoms with van der Waals surface area (Å²) in [5, 5.41) is 2.79. The summed E-state index contributed by atoms with van der Waals surface area (Å²) >= 11 is 0. The van der Waals surface area contributed by atoms with E-state index >= 15 is 0 Å². The lowest BCUT2D eigenvalue weighted by Gasteiger charge is -2.18. The Hall–Kier alpha value is -3.40. The highest BCUT2D eigenvalue weighted by atomic mass is 16.5. The second-order valence-electron chi connectivity index (χ2n) is 5.82. The lowest BCUT2D eigenvalue weighted by atomic mass is 10.1. The number of nitrogens with one attached hydrogen (secondary N) is 1. The minimum absolute atomic E-state index is 0.309. The molecule has 0 fully saturated rings. The molecule has 0 aliphatic heterocycles. The molecule has 4 heteroatoms. The van der Waals surface area contributed by atoms with Crippen LogP contribution < -0.4 is 10.1 Å². The van der Waals surface area contributed by atoms with Gasteiger partial charge < -0.3 is 10.1 Å². The molecule has 0 bridgehead atoms. The maximum Gasteiger partial charge on any atom is 0.334 e. The molecule has 0 aliphatic carbocycles. The van der Waals surface area contributed by atoms with Crippen LogP contribution in [-0.2, 0) is 11.2 Å². The third kappa shape index (κ3) is 4.80. The van der Waals surface area contributed by atoms with Gasteiger partial charge in [-0.15, -0.1) is 0 Å². The Balaban J connectivity index is 1.76. The van der Waals surface area contributed by atoms with Crippen molar-refractivity contribution in [3.8, 4) is 5.75 Å². The molecule has 0 spiro atoms. The van der Waals surface area contributed by atoms with Crippen LogP contribution in [0.2, 0.25) is 0 Å². The summed E-state index contributed by atoms with van der Waals surface area (Å²) in [5.41, 5.74) is 1.44. The van der Waals surface area contributed by atoms with Crippen molar-refractivity contribution < 1.29 is 14.3 Å². The molecule has 3 rings (SSSR count). The number of para-hydroxylation sites is 1. The molecule has 0 heterocycles. The molecular weight excluding hydrogens is 326 g/mol. The van der Waals surface area contributed by atoms with E-state index in [-0.39, 0.29) is 5.91 Å². The number of hydrogen-bond donors (Lipinski definition) is 1. The molecule has 4 nitrogen and oxygen atoms in total. The maximum absolute atomic E-state index is 12.6. The van der Waals surface area contributed by atoms with Crippen LogP contribution >= 0.6 is 0 Å². The van der Waals surface area contributed by atoms with E-state index < -0.39 is 12.0 Å². The molecule has 0 saturated heterocycles. The summed E-state index contributed by atoms with van der Waals surface area (Å²) in [4.78, 5) is 25.1. The first-order valence-corrected chi connectivity index (χ1v) is 8.39. The molecule has 0 unspecified atom stereocenters. The van der Waals surface area contributed by atoms with E-state index in [1.807, 2.05) is 42.5 Å². The Labute approximate surface area is 152 Å². The van der Waals surface area contributed by atoms with Crippen LogP contribution in [0.3, 0.4) is 0 Å². The first kappa shape index (κ1) is 17.4. The number of carbonyl (C=O) groups is 2. The van der Waals surface area contributed by atoms with E-state index in [4.69, 9.17) is 4.74 Å². The molecule has 3 aromatic rings. The highest BCUT2D eigenvalue weighted by Crippen LogP contribution is 2.12. The third-order valence-electron chi connectivity index (χ3n) is 3.87. The molecule has 0 radical (unpaired) electrons. The first-order chi connectivity index (χ1) is 12.7. The molecule has 130 valence electrons. The number of hydrogen-bond acceptors (Lipinski definition) is 3. The van der Waals surface area contributed by atoms with Crippen LogP contribution in [0.1, 0.15) is 15.9 Å². The van der Waals surface area contributed by atoms with E-state index in [0.29, 0.717) is 17.7 Å². The van der Waals surface area contributed by atoms with Crippen molar-refractivity contribution in [3.05, 3.63) is 102 Å². The van der Waals surface area contributed by atoms with E-state index in [2.05, 4.69) is 5.32 Å². The normalized spacial score (nSPS) is 11.4. The molecule has 1 amide bonds. The zero-order valence-electron chi connectivity index (χ0n) is 14.2. The number of esters is 1. The Morgan fingerprint density at radius 2 is 1.31 bits per heavy atom. The van der Waals surface area contributed by atoms with Gasteiger partial charge in [0.25, 0.3) is 5.91 Å². The summed E-state index contributed by atoms with van der Waals surface area (Å²) in [6, 6.07) is 26.4. The highest BCUT2D eigenvalue weighted by molar-refractivity contribution is 5.97. The molecule has 1 atom stereocenters. The Morgan fingerprint density at radius 1 is 0.769 bits per heavy atom. The van der Waals surface area contributed by atoms with E-state index in [1.54, 1.807) is 48.5 Å². The van der Waals surface area contributed by atoms with E-state index in [9.17, 15) is 9.59 Å². The van der Waals surface area contributed by atoms with Gasteiger partial charge in [-0.25, -0.2) is 4.79 Å². The fraction of sp³-hybridized carbons (Fsp3) is 0.0909. The van der Waals surface area contributed by atoms with Gasteiger partial charge in [0, 0.05) is 12.0 Å². The second kappa shape index (κ2) is 8.62. The van der Waals surface area contributed by atoms with Gasteiger partial charge in [-0.3, -0.25) is 4.79 Å². The summed E-state index contributed by atoms with van der Waals surface area (Å²) in [5.74, 6) is -0.356. The molecule has 0 saturated carbocycles. The Morgan fingerprint density at radius 3 is 1.92 bits per heavy atom. The standard InChI is InChI=1S/C22H19NO3/c24-21(18-12-6-2-7-13-18)23-20(16-17-10-4-1-5-11-17)22(25)26-19-14-8-3-9-15-19/h1-15,20H,16H2,(H,23,24)/t20-/m1/s1. The topological polar surface area (TPSA) is 55.4 Å². The predicted octanol–water partition coefficient (Wildman–Crippen LogP) is 3.63. The van der Waals surface area contributed by atoms with Crippen LogP contribution in [0.25, 0.3) is 0 Å². The van der Waals surface area contributed by atoms with Crippen molar-refractivity contribution in [2.24, 2.45) is 0 Å². The molecule has 3 aromatic carbocycles. The average molecular weight is 345 g/mol. The van der Waals surface area contributed by atoms with Crippen LogP contribution in [0.4, 0.5) is 0 Å². The van der Waals surface area contributed by atoms with Crippen LogP contribution in [0.5, 0.6) is 5.75 Å². The zero-order chi connectivity index (χ0) is 18.2. The fourth-order valence-electron chi connectivity index (χ4n) is 2.55. The van der Waals surface area contributed by atoms with Gasteiger partial charge in [0.15, 0.2) is 0 Å². The quantitative estimate of drug-likeness (QED) is 0.548. The van der Waals surface area contributed by atoms with Gasteiger partial charge in [-0.1, -0.05) is 66.7 Å². The number of amides is 1. The highest BCUT2D eigenvalue weighted by Gasteiger charge is 2.24. The minimum atomic E-state index is -0.787. The third-order valence-corrected chi connectivity index (χ3v) is 3.87. The summed E-state index contributed by atoms with van der Waals surface area (Å²) < 4.78 is 5.43. The molecule has 1 N–H and O–H groups in total. The van der Waals surface area contributed by atoms with E-state index in [0.717, 1.165) is 5.56 Å². The van der Waals surface area contributed by atoms with Crippen molar-refractivity contribution in [1.29, 1.82) is 0 Å². The number of ether oxygens (including phenoxy) is 1. The molecule has 0 aromatic heterocycles. The number of benzene rings is 3. The first-order valence-electron chi connectivity index (χ1n) is 8.39. The van der Waals surface area contributed by atoms with Crippen molar-refractivity contribution in [2.45, 2.75) is 12.5 Å². The Bertz CT molecular complexity index is 848. The largest absolute Gasteiger partial charge is 0.425 e. The summed E-state index contributed by atoms with van der Waals surface area (Å²) in [6.45, 7) is 0. The minimum Gasteiger partial charge on any atom is -0.425 e. The van der Waals surface area contributed by atoms with Crippen molar-refractivity contribution in [1.82, 2.24) is 5.32 Å². The second-order valence-corrected chi connectivity index (χ2v) is 5.82. The number of carbonyl (C=O) groups excluding carboxylic acids is 2. The zero-order valence-corrected chi connectivity index (χ0v) is 14.2.